The van der Waals surface area contributed by atoms with Gasteiger partial charge in [-0.1, -0.05) is 22.4 Å². The van der Waals surface area contributed by atoms with E-state index < -0.39 is 0 Å². The van der Waals surface area contributed by atoms with Crippen LogP contribution in [0.2, 0.25) is 0 Å². The minimum absolute atomic E-state index is 0.0581. The van der Waals surface area contributed by atoms with E-state index in [2.05, 4.69) is 43.8 Å². The van der Waals surface area contributed by atoms with Crippen molar-refractivity contribution >= 4 is 50.2 Å². The summed E-state index contributed by atoms with van der Waals surface area (Å²) in [6, 6.07) is 4.13. The number of carbonyl (C=O) groups excluding carboxylic acids is 1. The van der Waals surface area contributed by atoms with Crippen LogP contribution in [0.3, 0.4) is 0 Å². The normalized spacial score (nSPS) is 24.9. The standard InChI is InChI=1S/C15H18BrIN2O/c1-9-5-12(16)6-13(17)14(9)18-15(20)19-7-10-3-2-4-11(10)8-19/h5-6,10-11H,2-4,7-8H2,1H3,(H,18,20). The lowest BCUT2D eigenvalue weighted by Gasteiger charge is -2.20. The molecule has 5 heteroatoms. The summed E-state index contributed by atoms with van der Waals surface area (Å²) in [5.41, 5.74) is 2.03. The molecule has 2 atom stereocenters. The molecule has 1 aromatic carbocycles. The monoisotopic (exact) mass is 448 g/mol. The average molecular weight is 449 g/mol. The number of halogens is 2. The Kier molecular flexibility index (Phi) is 4.26. The summed E-state index contributed by atoms with van der Waals surface area (Å²) in [5.74, 6) is 1.48. The Morgan fingerprint density at radius 3 is 2.60 bits per heavy atom. The number of anilines is 1. The predicted molar refractivity (Wildman–Crippen MR) is 93.0 cm³/mol. The van der Waals surface area contributed by atoms with Crippen molar-refractivity contribution in [3.63, 3.8) is 0 Å². The van der Waals surface area contributed by atoms with Gasteiger partial charge >= 0.3 is 6.03 Å². The molecule has 2 aliphatic rings. The van der Waals surface area contributed by atoms with Gasteiger partial charge in [-0.05, 0) is 71.9 Å². The van der Waals surface area contributed by atoms with Crippen LogP contribution >= 0.6 is 38.5 Å². The highest BCUT2D eigenvalue weighted by atomic mass is 127. The van der Waals surface area contributed by atoms with E-state index in [4.69, 9.17) is 0 Å². The number of hydrogen-bond donors (Lipinski definition) is 1. The molecule has 0 spiro atoms. The van der Waals surface area contributed by atoms with E-state index in [1.54, 1.807) is 0 Å². The highest BCUT2D eigenvalue weighted by Crippen LogP contribution is 2.38. The molecule has 2 amide bonds. The number of carbonyl (C=O) groups is 1. The van der Waals surface area contributed by atoms with Gasteiger partial charge in [0.2, 0.25) is 0 Å². The minimum atomic E-state index is 0.0581. The van der Waals surface area contributed by atoms with Crippen molar-refractivity contribution in [3.05, 3.63) is 25.7 Å². The summed E-state index contributed by atoms with van der Waals surface area (Å²) in [7, 11) is 0. The lowest BCUT2D eigenvalue weighted by molar-refractivity contribution is 0.219. The fraction of sp³-hybridized carbons (Fsp3) is 0.533. The second kappa shape index (κ2) is 5.83. The van der Waals surface area contributed by atoms with E-state index in [0.717, 1.165) is 44.2 Å². The molecule has 1 aliphatic heterocycles. The molecule has 3 nitrogen and oxygen atoms in total. The summed E-state index contributed by atoms with van der Waals surface area (Å²) < 4.78 is 2.12. The SMILES string of the molecule is Cc1cc(Br)cc(I)c1NC(=O)N1CC2CCCC2C1. The van der Waals surface area contributed by atoms with Gasteiger partial charge in [-0.15, -0.1) is 0 Å². The zero-order chi connectivity index (χ0) is 14.3. The third kappa shape index (κ3) is 2.84. The van der Waals surface area contributed by atoms with Crippen molar-refractivity contribution in [3.8, 4) is 0 Å². The number of nitrogens with zero attached hydrogens (tertiary/aromatic N) is 1. The molecule has 0 bridgehead atoms. The second-order valence-corrected chi connectivity index (χ2v) is 7.94. The highest BCUT2D eigenvalue weighted by Gasteiger charge is 2.38. The zero-order valence-electron chi connectivity index (χ0n) is 11.5. The van der Waals surface area contributed by atoms with E-state index in [9.17, 15) is 4.79 Å². The smallest absolute Gasteiger partial charge is 0.321 e. The topological polar surface area (TPSA) is 32.3 Å². The van der Waals surface area contributed by atoms with E-state index in [-0.39, 0.29) is 6.03 Å². The first kappa shape index (κ1) is 14.6. The second-order valence-electron chi connectivity index (χ2n) is 5.87. The van der Waals surface area contributed by atoms with Gasteiger partial charge in [0, 0.05) is 21.1 Å². The lowest BCUT2D eigenvalue weighted by Crippen LogP contribution is -2.34. The van der Waals surface area contributed by atoms with Crippen molar-refractivity contribution in [1.82, 2.24) is 4.90 Å². The fourth-order valence-corrected chi connectivity index (χ4v) is 5.34. The Hall–Kier alpha value is -0.300. The molecule has 1 heterocycles. The lowest BCUT2D eigenvalue weighted by atomic mass is 10.0. The van der Waals surface area contributed by atoms with Gasteiger partial charge in [0.15, 0.2) is 0 Å². The number of nitrogens with one attached hydrogen (secondary N) is 1. The number of rotatable bonds is 1. The first-order valence-electron chi connectivity index (χ1n) is 7.06. The van der Waals surface area contributed by atoms with Gasteiger partial charge in [-0.2, -0.15) is 0 Å². The first-order chi connectivity index (χ1) is 9.54. The van der Waals surface area contributed by atoms with E-state index in [0.29, 0.717) is 0 Å². The maximum absolute atomic E-state index is 12.4. The van der Waals surface area contributed by atoms with Crippen LogP contribution in [0, 0.1) is 22.3 Å². The summed E-state index contributed by atoms with van der Waals surface area (Å²) in [6.07, 6.45) is 3.93. The molecule has 1 N–H and O–H groups in total. The predicted octanol–water partition coefficient (Wildman–Crippen LogP) is 4.63. The van der Waals surface area contributed by atoms with Crippen molar-refractivity contribution in [1.29, 1.82) is 0 Å². The first-order valence-corrected chi connectivity index (χ1v) is 8.93. The molecule has 108 valence electrons. The van der Waals surface area contributed by atoms with E-state index >= 15 is 0 Å². The molecule has 2 fully saturated rings. The van der Waals surface area contributed by atoms with Gasteiger partial charge in [0.05, 0.1) is 5.69 Å². The molecule has 0 aromatic heterocycles. The summed E-state index contributed by atoms with van der Waals surface area (Å²) in [4.78, 5) is 14.4. The Balaban J connectivity index is 1.71. The minimum Gasteiger partial charge on any atom is -0.324 e. The van der Waals surface area contributed by atoms with Crippen molar-refractivity contribution in [2.45, 2.75) is 26.2 Å². The van der Waals surface area contributed by atoms with Crippen LogP contribution in [0.5, 0.6) is 0 Å². The molecule has 20 heavy (non-hydrogen) atoms. The molecule has 2 unspecified atom stereocenters. The van der Waals surface area contributed by atoms with Crippen LogP contribution in [0.15, 0.2) is 16.6 Å². The van der Waals surface area contributed by atoms with Gasteiger partial charge in [0.1, 0.15) is 0 Å². The Morgan fingerprint density at radius 2 is 2.00 bits per heavy atom. The third-order valence-electron chi connectivity index (χ3n) is 4.50. The average Bonchev–Trinajstić information content (AvgIpc) is 2.93. The highest BCUT2D eigenvalue weighted by molar-refractivity contribution is 14.1. The van der Waals surface area contributed by atoms with Gasteiger partial charge in [-0.3, -0.25) is 0 Å². The van der Waals surface area contributed by atoms with E-state index in [1.165, 1.54) is 19.3 Å². The number of benzene rings is 1. The van der Waals surface area contributed by atoms with Crippen molar-refractivity contribution < 1.29 is 4.79 Å². The van der Waals surface area contributed by atoms with Crippen LogP contribution in [0.25, 0.3) is 0 Å². The molecule has 1 saturated heterocycles. The number of fused-ring (bicyclic) bond motifs is 1. The van der Waals surface area contributed by atoms with Crippen LogP contribution < -0.4 is 5.32 Å². The molecule has 3 rings (SSSR count). The van der Waals surface area contributed by atoms with Crippen LogP contribution in [0.1, 0.15) is 24.8 Å². The fourth-order valence-electron chi connectivity index (χ4n) is 3.45. The maximum Gasteiger partial charge on any atom is 0.321 e. The number of amides is 2. The molecule has 1 aromatic rings. The maximum atomic E-state index is 12.4. The van der Waals surface area contributed by atoms with Gasteiger partial charge in [0.25, 0.3) is 0 Å². The van der Waals surface area contributed by atoms with Crippen LogP contribution in [-0.2, 0) is 0 Å². The molecular formula is C15H18BrIN2O. The number of urea groups is 1. The summed E-state index contributed by atoms with van der Waals surface area (Å²) >= 11 is 5.76. The summed E-state index contributed by atoms with van der Waals surface area (Å²) in [5, 5.41) is 3.10. The molecular weight excluding hydrogens is 431 g/mol. The summed E-state index contributed by atoms with van der Waals surface area (Å²) in [6.45, 7) is 3.90. The Morgan fingerprint density at radius 1 is 1.35 bits per heavy atom. The van der Waals surface area contributed by atoms with Crippen molar-refractivity contribution in [2.24, 2.45) is 11.8 Å². The quantitative estimate of drug-likeness (QED) is 0.624. The molecule has 0 radical (unpaired) electrons. The molecule has 1 saturated carbocycles. The zero-order valence-corrected chi connectivity index (χ0v) is 15.2. The van der Waals surface area contributed by atoms with Crippen LogP contribution in [-0.4, -0.2) is 24.0 Å². The Labute approximate surface area is 141 Å². The number of hydrogen-bond acceptors (Lipinski definition) is 1. The van der Waals surface area contributed by atoms with Crippen molar-refractivity contribution in [2.75, 3.05) is 18.4 Å². The molecule has 1 aliphatic carbocycles. The van der Waals surface area contributed by atoms with Gasteiger partial charge < -0.3 is 10.2 Å². The van der Waals surface area contributed by atoms with Crippen LogP contribution in [0.4, 0.5) is 10.5 Å². The largest absolute Gasteiger partial charge is 0.324 e. The van der Waals surface area contributed by atoms with Gasteiger partial charge in [-0.25, -0.2) is 4.79 Å². The number of aryl methyl sites for hydroxylation is 1. The Bertz CT molecular complexity index is 514. The van der Waals surface area contributed by atoms with E-state index in [1.807, 2.05) is 24.0 Å². The third-order valence-corrected chi connectivity index (χ3v) is 5.81. The number of likely N-dealkylation sites (tertiary alicyclic amines) is 1.